The van der Waals surface area contributed by atoms with Crippen LogP contribution in [0.5, 0.6) is 5.75 Å². The molecule has 0 radical (unpaired) electrons. The van der Waals surface area contributed by atoms with Crippen LogP contribution in [0.2, 0.25) is 5.02 Å². The molecule has 0 atom stereocenters. The van der Waals surface area contributed by atoms with Gasteiger partial charge in [0.25, 0.3) is 11.8 Å². The predicted molar refractivity (Wildman–Crippen MR) is 134 cm³/mol. The Morgan fingerprint density at radius 1 is 0.800 bits per heavy atom. The van der Waals surface area contributed by atoms with Crippen LogP contribution in [0.15, 0.2) is 60.7 Å². The zero-order chi connectivity index (χ0) is 24.8. The molecule has 1 saturated carbocycles. The molecule has 1 aliphatic carbocycles. The number of amides is 2. The lowest BCUT2D eigenvalue weighted by molar-refractivity contribution is -0.143. The number of rotatable bonds is 8. The minimum absolute atomic E-state index is 0.00529. The molecule has 35 heavy (non-hydrogen) atoms. The summed E-state index contributed by atoms with van der Waals surface area (Å²) in [5, 5.41) is 17.2. The summed E-state index contributed by atoms with van der Waals surface area (Å²) >= 11 is 6.00. The molecule has 4 rings (SSSR count). The lowest BCUT2D eigenvalue weighted by Gasteiger charge is -2.26. The van der Waals surface area contributed by atoms with E-state index < -0.39 is 5.97 Å². The smallest absolute Gasteiger partial charge is 0.306 e. The van der Waals surface area contributed by atoms with Gasteiger partial charge in [0.05, 0.1) is 12.0 Å². The number of fused-ring (bicyclic) bond motifs is 1. The summed E-state index contributed by atoms with van der Waals surface area (Å²) in [6, 6.07) is 17.8. The van der Waals surface area contributed by atoms with Gasteiger partial charge in [-0.05, 0) is 85.0 Å². The zero-order valence-corrected chi connectivity index (χ0v) is 19.9. The quantitative estimate of drug-likeness (QED) is 0.394. The fraction of sp³-hybridized carbons (Fsp3) is 0.296. The Morgan fingerprint density at radius 3 is 2.03 bits per heavy atom. The van der Waals surface area contributed by atoms with Gasteiger partial charge in [-0.25, -0.2) is 0 Å². The van der Waals surface area contributed by atoms with Gasteiger partial charge in [0, 0.05) is 29.2 Å². The highest BCUT2D eigenvalue weighted by molar-refractivity contribution is 6.31. The lowest BCUT2D eigenvalue weighted by Crippen LogP contribution is -2.34. The van der Waals surface area contributed by atoms with Crippen LogP contribution >= 0.6 is 11.6 Å². The summed E-state index contributed by atoms with van der Waals surface area (Å²) in [5.74, 6) is -0.814. The first kappa shape index (κ1) is 24.5. The highest BCUT2D eigenvalue weighted by Gasteiger charge is 2.26. The third-order valence-corrected chi connectivity index (χ3v) is 6.44. The van der Waals surface area contributed by atoms with E-state index in [1.54, 1.807) is 42.5 Å². The van der Waals surface area contributed by atoms with Gasteiger partial charge in [-0.2, -0.15) is 0 Å². The molecule has 3 N–H and O–H groups in total. The van der Waals surface area contributed by atoms with Crippen LogP contribution in [0.3, 0.4) is 0 Å². The number of carboxylic acids is 1. The Kier molecular flexibility index (Phi) is 7.87. The first-order valence-corrected chi connectivity index (χ1v) is 12.0. The largest absolute Gasteiger partial charge is 0.490 e. The molecule has 0 saturated heterocycles. The molecular formula is C27H27ClN2O5. The number of carboxylic acid groups (broad SMARTS) is 1. The van der Waals surface area contributed by atoms with Gasteiger partial charge in [0.15, 0.2) is 0 Å². The second kappa shape index (κ2) is 11.2. The number of ether oxygens (including phenoxy) is 1. The van der Waals surface area contributed by atoms with Gasteiger partial charge >= 0.3 is 5.97 Å². The molecule has 0 bridgehead atoms. The van der Waals surface area contributed by atoms with Crippen molar-refractivity contribution in [1.82, 2.24) is 10.6 Å². The molecule has 0 aliphatic heterocycles. The maximum atomic E-state index is 12.4. The summed E-state index contributed by atoms with van der Waals surface area (Å²) in [6.07, 6.45) is 2.64. The van der Waals surface area contributed by atoms with E-state index in [2.05, 4.69) is 10.6 Å². The standard InChI is InChI=1S/C27H27ClN2O5/c28-22-8-3-19-15-21(2-1-20(19)16-22)26(32)30-14-13-29-25(31)17-4-9-23(10-5-17)35-24-11-6-18(7-12-24)27(33)34/h1-5,8-10,15-16,18,24H,6-7,11-14H2,(H,29,31)(H,30,32)(H,33,34). The molecule has 7 nitrogen and oxygen atoms in total. The van der Waals surface area contributed by atoms with E-state index in [0.717, 1.165) is 10.8 Å². The number of aliphatic carboxylic acids is 1. The summed E-state index contributed by atoms with van der Waals surface area (Å²) in [5.41, 5.74) is 1.03. The molecule has 2 amide bonds. The molecule has 0 heterocycles. The number of carbonyl (C=O) groups excluding carboxylic acids is 2. The topological polar surface area (TPSA) is 105 Å². The molecule has 0 spiro atoms. The van der Waals surface area contributed by atoms with E-state index in [1.807, 2.05) is 18.2 Å². The highest BCUT2D eigenvalue weighted by Crippen LogP contribution is 2.28. The number of nitrogens with one attached hydrogen (secondary N) is 2. The molecule has 1 aliphatic rings. The molecule has 1 fully saturated rings. The van der Waals surface area contributed by atoms with E-state index in [-0.39, 0.29) is 23.8 Å². The van der Waals surface area contributed by atoms with Crippen molar-refractivity contribution in [3.05, 3.63) is 76.8 Å². The fourth-order valence-electron chi connectivity index (χ4n) is 4.22. The van der Waals surface area contributed by atoms with Crippen molar-refractivity contribution in [3.8, 4) is 5.75 Å². The molecule has 0 aromatic heterocycles. The molecule has 3 aromatic rings. The molecular weight excluding hydrogens is 468 g/mol. The Bertz CT molecular complexity index is 1220. The normalized spacial score (nSPS) is 17.5. The number of hydrogen-bond acceptors (Lipinski definition) is 4. The van der Waals surface area contributed by atoms with Gasteiger partial charge in [-0.3, -0.25) is 14.4 Å². The summed E-state index contributed by atoms with van der Waals surface area (Å²) in [6.45, 7) is 0.586. The van der Waals surface area contributed by atoms with Gasteiger partial charge in [-0.15, -0.1) is 0 Å². The molecule has 8 heteroatoms. The minimum atomic E-state index is -0.738. The van der Waals surface area contributed by atoms with E-state index in [0.29, 0.717) is 60.7 Å². The maximum Gasteiger partial charge on any atom is 0.306 e. The fourth-order valence-corrected chi connectivity index (χ4v) is 4.40. The summed E-state index contributed by atoms with van der Waals surface area (Å²) < 4.78 is 5.94. The minimum Gasteiger partial charge on any atom is -0.490 e. The van der Waals surface area contributed by atoms with Crippen LogP contribution < -0.4 is 15.4 Å². The van der Waals surface area contributed by atoms with Crippen molar-refractivity contribution < 1.29 is 24.2 Å². The Balaban J connectivity index is 1.20. The van der Waals surface area contributed by atoms with Gasteiger partial charge in [0.1, 0.15) is 5.75 Å². The van der Waals surface area contributed by atoms with Crippen molar-refractivity contribution in [3.63, 3.8) is 0 Å². The summed E-state index contributed by atoms with van der Waals surface area (Å²) in [4.78, 5) is 35.9. The van der Waals surface area contributed by atoms with Crippen LogP contribution in [0.1, 0.15) is 46.4 Å². The van der Waals surface area contributed by atoms with Crippen molar-refractivity contribution in [2.24, 2.45) is 5.92 Å². The third kappa shape index (κ3) is 6.51. The maximum absolute atomic E-state index is 12.4. The van der Waals surface area contributed by atoms with Crippen molar-refractivity contribution in [1.29, 1.82) is 0 Å². The zero-order valence-electron chi connectivity index (χ0n) is 19.1. The number of hydrogen-bond donors (Lipinski definition) is 3. The average Bonchev–Trinajstić information content (AvgIpc) is 2.86. The highest BCUT2D eigenvalue weighted by atomic mass is 35.5. The predicted octanol–water partition coefficient (Wildman–Crippen LogP) is 4.68. The van der Waals surface area contributed by atoms with Crippen molar-refractivity contribution in [2.75, 3.05) is 13.1 Å². The van der Waals surface area contributed by atoms with Crippen LogP contribution in [0.4, 0.5) is 0 Å². The van der Waals surface area contributed by atoms with Crippen LogP contribution in [0, 0.1) is 5.92 Å². The second-order valence-electron chi connectivity index (χ2n) is 8.67. The van der Waals surface area contributed by atoms with Gasteiger partial charge < -0.3 is 20.5 Å². The first-order valence-electron chi connectivity index (χ1n) is 11.6. The van der Waals surface area contributed by atoms with Crippen LogP contribution in [-0.4, -0.2) is 42.1 Å². The lowest BCUT2D eigenvalue weighted by atomic mass is 9.87. The van der Waals surface area contributed by atoms with Crippen LogP contribution in [0.25, 0.3) is 10.8 Å². The van der Waals surface area contributed by atoms with Crippen LogP contribution in [-0.2, 0) is 4.79 Å². The van der Waals surface area contributed by atoms with Gasteiger partial charge in [-0.1, -0.05) is 23.7 Å². The SMILES string of the molecule is O=C(NCCNC(=O)c1ccc2cc(Cl)ccc2c1)c1ccc(OC2CCC(C(=O)O)CC2)cc1. The Morgan fingerprint density at radius 2 is 1.37 bits per heavy atom. The number of halogens is 1. The number of benzene rings is 3. The number of carbonyl (C=O) groups is 3. The van der Waals surface area contributed by atoms with E-state index in [9.17, 15) is 14.4 Å². The molecule has 3 aromatic carbocycles. The van der Waals surface area contributed by atoms with E-state index in [4.69, 9.17) is 21.4 Å². The molecule has 182 valence electrons. The monoisotopic (exact) mass is 494 g/mol. The van der Waals surface area contributed by atoms with Crippen molar-refractivity contribution in [2.45, 2.75) is 31.8 Å². The molecule has 0 unspecified atom stereocenters. The van der Waals surface area contributed by atoms with E-state index in [1.165, 1.54) is 0 Å². The Labute approximate surface area is 208 Å². The third-order valence-electron chi connectivity index (χ3n) is 6.20. The summed E-state index contributed by atoms with van der Waals surface area (Å²) in [7, 11) is 0. The Hall–Kier alpha value is -3.58. The van der Waals surface area contributed by atoms with E-state index >= 15 is 0 Å². The average molecular weight is 495 g/mol. The van der Waals surface area contributed by atoms with Crippen molar-refractivity contribution >= 4 is 40.2 Å². The van der Waals surface area contributed by atoms with Gasteiger partial charge in [0.2, 0.25) is 0 Å². The second-order valence-corrected chi connectivity index (χ2v) is 9.11. The first-order chi connectivity index (χ1) is 16.9.